The molecule has 0 radical (unpaired) electrons. The van der Waals surface area contributed by atoms with E-state index in [2.05, 4.69) is 11.8 Å². The number of nitrogens with two attached hydrogens (primary N) is 1. The molecule has 0 aromatic heterocycles. The number of carbonyl (C=O) groups is 1. The van der Waals surface area contributed by atoms with Gasteiger partial charge >= 0.3 is 0 Å². The van der Waals surface area contributed by atoms with E-state index >= 15 is 0 Å². The number of anilines is 1. The van der Waals surface area contributed by atoms with Gasteiger partial charge in [-0.2, -0.15) is 5.26 Å². The Balaban J connectivity index is 3.25. The second-order valence-corrected chi connectivity index (χ2v) is 2.30. The number of aldehydes is 1. The molecule has 1 rings (SSSR count). The predicted molar refractivity (Wildman–Crippen MR) is 48.5 cm³/mol. The molecular weight excluding hydrogens is 164 g/mol. The van der Waals surface area contributed by atoms with Gasteiger partial charge in [-0.15, -0.1) is 0 Å². The zero-order valence-corrected chi connectivity index (χ0v) is 6.74. The summed E-state index contributed by atoms with van der Waals surface area (Å²) in [5, 5.41) is 8.66. The van der Waals surface area contributed by atoms with Gasteiger partial charge < -0.3 is 5.73 Å². The van der Waals surface area contributed by atoms with Crippen LogP contribution >= 0.6 is 0 Å². The summed E-state index contributed by atoms with van der Waals surface area (Å²) >= 11 is 0. The molecule has 0 aliphatic rings. The van der Waals surface area contributed by atoms with Crippen LogP contribution in [0, 0.1) is 23.2 Å². The summed E-state index contributed by atoms with van der Waals surface area (Å²) in [5.41, 5.74) is 6.91. The molecule has 3 nitrogen and oxygen atoms in total. The maximum absolute atomic E-state index is 9.97. The third kappa shape index (κ3) is 2.08. The molecule has 0 saturated heterocycles. The first-order chi connectivity index (χ1) is 6.27. The number of nitrogens with zero attached hydrogens (tertiary/aromatic N) is 1. The third-order valence-electron chi connectivity index (χ3n) is 1.43. The Labute approximate surface area is 75.8 Å². The molecule has 3 heteroatoms. The first-order valence-electron chi connectivity index (χ1n) is 3.52. The highest BCUT2D eigenvalue weighted by Gasteiger charge is 1.98. The highest BCUT2D eigenvalue weighted by Crippen LogP contribution is 2.10. The summed E-state index contributed by atoms with van der Waals surface area (Å²) < 4.78 is 0. The van der Waals surface area contributed by atoms with Gasteiger partial charge in [0.15, 0.2) is 6.29 Å². The maximum Gasteiger partial charge on any atom is 0.193 e. The minimum absolute atomic E-state index is 0.420. The smallest absolute Gasteiger partial charge is 0.193 e. The lowest BCUT2D eigenvalue weighted by atomic mass is 10.1. The largest absolute Gasteiger partial charge is 0.399 e. The number of hydrogen-bond donors (Lipinski definition) is 1. The van der Waals surface area contributed by atoms with Crippen LogP contribution in [0.4, 0.5) is 5.69 Å². The molecule has 0 unspecified atom stereocenters. The molecule has 0 bridgehead atoms. The van der Waals surface area contributed by atoms with E-state index in [1.807, 2.05) is 6.07 Å². The van der Waals surface area contributed by atoms with Crippen molar-refractivity contribution in [3.05, 3.63) is 29.3 Å². The number of benzene rings is 1. The standard InChI is InChI=1S/C10H6N2O/c11-7-9-3-4-10(12)6-8(9)2-1-5-13/h3-6H,12H2. The number of nitrogen functional groups attached to an aromatic ring is 1. The minimum atomic E-state index is 0.420. The zero-order valence-electron chi connectivity index (χ0n) is 6.74. The topological polar surface area (TPSA) is 66.9 Å². The molecule has 1 aromatic carbocycles. The second-order valence-electron chi connectivity index (χ2n) is 2.30. The van der Waals surface area contributed by atoms with Crippen LogP contribution in [-0.2, 0) is 4.79 Å². The molecule has 0 amide bonds. The van der Waals surface area contributed by atoms with Crippen LogP contribution in [0.2, 0.25) is 0 Å². The lowest BCUT2D eigenvalue weighted by Gasteiger charge is -1.96. The fourth-order valence-corrected chi connectivity index (χ4v) is 0.870. The zero-order chi connectivity index (χ0) is 9.68. The monoisotopic (exact) mass is 170 g/mol. The van der Waals surface area contributed by atoms with Gasteiger partial charge in [-0.1, -0.05) is 5.92 Å². The summed E-state index contributed by atoms with van der Waals surface area (Å²) in [6.45, 7) is 0. The molecule has 0 aliphatic carbocycles. The van der Waals surface area contributed by atoms with Gasteiger partial charge in [0.1, 0.15) is 6.07 Å². The average molecular weight is 170 g/mol. The van der Waals surface area contributed by atoms with Crippen molar-refractivity contribution in [2.75, 3.05) is 5.73 Å². The molecule has 0 spiro atoms. The van der Waals surface area contributed by atoms with Crippen LogP contribution in [0.25, 0.3) is 0 Å². The summed E-state index contributed by atoms with van der Waals surface area (Å²) in [4.78, 5) is 9.97. The highest BCUT2D eigenvalue weighted by atomic mass is 16.1. The van der Waals surface area contributed by atoms with Crippen LogP contribution in [0.5, 0.6) is 0 Å². The maximum atomic E-state index is 9.97. The van der Waals surface area contributed by atoms with Crippen molar-refractivity contribution in [3.8, 4) is 17.9 Å². The molecule has 0 aliphatic heterocycles. The van der Waals surface area contributed by atoms with Crippen molar-refractivity contribution in [3.63, 3.8) is 0 Å². The Morgan fingerprint density at radius 1 is 1.38 bits per heavy atom. The van der Waals surface area contributed by atoms with Crippen molar-refractivity contribution in [1.29, 1.82) is 5.26 Å². The minimum Gasteiger partial charge on any atom is -0.399 e. The summed E-state index contributed by atoms with van der Waals surface area (Å²) in [7, 11) is 0. The molecule has 2 N–H and O–H groups in total. The Hall–Kier alpha value is -2.26. The second kappa shape index (κ2) is 3.94. The van der Waals surface area contributed by atoms with E-state index in [9.17, 15) is 4.79 Å². The van der Waals surface area contributed by atoms with Crippen LogP contribution in [-0.4, -0.2) is 6.29 Å². The van der Waals surface area contributed by atoms with E-state index in [1.165, 1.54) is 0 Å². The van der Waals surface area contributed by atoms with Crippen LogP contribution < -0.4 is 5.73 Å². The van der Waals surface area contributed by atoms with Gasteiger partial charge in [-0.05, 0) is 24.1 Å². The van der Waals surface area contributed by atoms with Crippen molar-refractivity contribution in [1.82, 2.24) is 0 Å². The molecule has 13 heavy (non-hydrogen) atoms. The van der Waals surface area contributed by atoms with Gasteiger partial charge in [0.05, 0.1) is 5.56 Å². The Morgan fingerprint density at radius 2 is 2.15 bits per heavy atom. The molecular formula is C10H6N2O. The van der Waals surface area contributed by atoms with Gasteiger partial charge in [0, 0.05) is 11.3 Å². The number of carbonyl (C=O) groups excluding carboxylic acids is 1. The quantitative estimate of drug-likeness (QED) is 0.354. The number of nitriles is 1. The van der Waals surface area contributed by atoms with E-state index in [0.717, 1.165) is 0 Å². The SMILES string of the molecule is N#Cc1ccc(N)cc1C#CC=O. The van der Waals surface area contributed by atoms with Gasteiger partial charge in [-0.25, -0.2) is 0 Å². The van der Waals surface area contributed by atoms with Gasteiger partial charge in [0.25, 0.3) is 0 Å². The van der Waals surface area contributed by atoms with E-state index in [4.69, 9.17) is 11.0 Å². The summed E-state index contributed by atoms with van der Waals surface area (Å²) in [5.74, 6) is 4.76. The van der Waals surface area contributed by atoms with E-state index in [0.29, 0.717) is 23.1 Å². The van der Waals surface area contributed by atoms with Crippen molar-refractivity contribution in [2.24, 2.45) is 0 Å². The Bertz CT molecular complexity index is 432. The van der Waals surface area contributed by atoms with Gasteiger partial charge in [-0.3, -0.25) is 4.79 Å². The fraction of sp³-hybridized carbons (Fsp3) is 0. The molecule has 1 aromatic rings. The molecule has 0 heterocycles. The third-order valence-corrected chi connectivity index (χ3v) is 1.43. The lowest BCUT2D eigenvalue weighted by molar-refractivity contribution is -0.103. The molecule has 0 atom stereocenters. The van der Waals surface area contributed by atoms with E-state index < -0.39 is 0 Å². The molecule has 0 fully saturated rings. The Morgan fingerprint density at radius 3 is 2.77 bits per heavy atom. The van der Waals surface area contributed by atoms with Crippen molar-refractivity contribution < 1.29 is 4.79 Å². The summed E-state index contributed by atoms with van der Waals surface area (Å²) in [6.07, 6.45) is 0.477. The first kappa shape index (κ1) is 8.83. The van der Waals surface area contributed by atoms with Crippen molar-refractivity contribution >= 4 is 12.0 Å². The summed E-state index contributed by atoms with van der Waals surface area (Å²) in [6, 6.07) is 6.71. The first-order valence-corrected chi connectivity index (χ1v) is 3.52. The molecule has 62 valence electrons. The fourth-order valence-electron chi connectivity index (χ4n) is 0.870. The lowest BCUT2D eigenvalue weighted by Crippen LogP contribution is -1.89. The van der Waals surface area contributed by atoms with Crippen LogP contribution in [0.1, 0.15) is 11.1 Å². The number of rotatable bonds is 0. The molecule has 0 saturated carbocycles. The highest BCUT2D eigenvalue weighted by molar-refractivity contribution is 5.74. The van der Waals surface area contributed by atoms with E-state index in [1.54, 1.807) is 18.2 Å². The van der Waals surface area contributed by atoms with Crippen molar-refractivity contribution in [2.45, 2.75) is 0 Å². The number of hydrogen-bond acceptors (Lipinski definition) is 3. The van der Waals surface area contributed by atoms with Crippen LogP contribution in [0.3, 0.4) is 0 Å². The normalized spacial score (nSPS) is 7.92. The van der Waals surface area contributed by atoms with E-state index in [-0.39, 0.29) is 0 Å². The van der Waals surface area contributed by atoms with Crippen LogP contribution in [0.15, 0.2) is 18.2 Å². The predicted octanol–water partition coefficient (Wildman–Crippen LogP) is 0.691. The Kier molecular flexibility index (Phi) is 2.68. The van der Waals surface area contributed by atoms with Gasteiger partial charge in [0.2, 0.25) is 0 Å². The average Bonchev–Trinajstić information content (AvgIpc) is 2.15.